The molecule has 1 aromatic carbocycles. The second kappa shape index (κ2) is 5.06. The molecule has 2 rings (SSSR count). The van der Waals surface area contributed by atoms with E-state index in [1.807, 2.05) is 6.07 Å². The van der Waals surface area contributed by atoms with Gasteiger partial charge < -0.3 is 5.73 Å². The molecule has 0 aromatic heterocycles. The number of nitriles is 1. The van der Waals surface area contributed by atoms with Gasteiger partial charge in [-0.2, -0.15) is 5.26 Å². The maximum Gasteiger partial charge on any atom is 0.218 e. The van der Waals surface area contributed by atoms with Gasteiger partial charge in [0.05, 0.1) is 17.4 Å². The molecular weight excluding hydrogens is 250 g/mol. The van der Waals surface area contributed by atoms with Gasteiger partial charge in [-0.05, 0) is 24.1 Å². The molecule has 0 saturated carbocycles. The third kappa shape index (κ3) is 2.88. The number of hydrogen-bond acceptors (Lipinski definition) is 4. The highest BCUT2D eigenvalue weighted by atomic mass is 32.2. The van der Waals surface area contributed by atoms with E-state index in [1.54, 1.807) is 24.3 Å². The summed E-state index contributed by atoms with van der Waals surface area (Å²) in [5.74, 6) is -0.0742. The van der Waals surface area contributed by atoms with E-state index in [-0.39, 0.29) is 11.8 Å². The molecule has 0 unspecified atom stereocenters. The average molecular weight is 265 g/mol. The van der Waals surface area contributed by atoms with Crippen molar-refractivity contribution in [2.24, 2.45) is 5.73 Å². The highest BCUT2D eigenvalue weighted by molar-refractivity contribution is 7.88. The second-order valence-electron chi connectivity index (χ2n) is 4.48. The topological polar surface area (TPSA) is 87.2 Å². The van der Waals surface area contributed by atoms with E-state index in [1.165, 1.54) is 4.31 Å². The first-order chi connectivity index (χ1) is 8.51. The molecule has 1 saturated heterocycles. The first kappa shape index (κ1) is 13.0. The molecule has 1 aliphatic rings. The Hall–Kier alpha value is -1.42. The van der Waals surface area contributed by atoms with Crippen LogP contribution in [0.3, 0.4) is 0 Å². The molecule has 0 spiro atoms. The monoisotopic (exact) mass is 265 g/mol. The highest BCUT2D eigenvalue weighted by Crippen LogP contribution is 2.17. The van der Waals surface area contributed by atoms with E-state index in [0.29, 0.717) is 30.6 Å². The maximum absolute atomic E-state index is 12.1. The molecule has 1 atom stereocenters. The summed E-state index contributed by atoms with van der Waals surface area (Å²) in [4.78, 5) is 0. The lowest BCUT2D eigenvalue weighted by Crippen LogP contribution is -2.32. The quantitative estimate of drug-likeness (QED) is 0.858. The van der Waals surface area contributed by atoms with Gasteiger partial charge in [-0.15, -0.1) is 0 Å². The molecule has 1 heterocycles. The summed E-state index contributed by atoms with van der Waals surface area (Å²) in [6.07, 6.45) is 0.706. The van der Waals surface area contributed by atoms with Crippen molar-refractivity contribution in [2.45, 2.75) is 18.2 Å². The van der Waals surface area contributed by atoms with Gasteiger partial charge in [-0.3, -0.25) is 0 Å². The number of hydrogen-bond donors (Lipinski definition) is 1. The van der Waals surface area contributed by atoms with E-state index >= 15 is 0 Å². The Labute approximate surface area is 107 Å². The van der Waals surface area contributed by atoms with E-state index in [2.05, 4.69) is 0 Å². The molecule has 96 valence electrons. The first-order valence-electron chi connectivity index (χ1n) is 5.74. The van der Waals surface area contributed by atoms with Crippen molar-refractivity contribution in [3.63, 3.8) is 0 Å². The van der Waals surface area contributed by atoms with E-state index in [9.17, 15) is 8.42 Å². The molecule has 0 bridgehead atoms. The largest absolute Gasteiger partial charge is 0.326 e. The Kier molecular flexibility index (Phi) is 3.66. The van der Waals surface area contributed by atoms with Crippen LogP contribution in [-0.2, 0) is 15.8 Å². The average Bonchev–Trinajstić information content (AvgIpc) is 2.76. The zero-order chi connectivity index (χ0) is 13.2. The number of rotatable bonds is 3. The second-order valence-corrected chi connectivity index (χ2v) is 6.44. The molecule has 1 fully saturated rings. The Bertz CT molecular complexity index is 577. The summed E-state index contributed by atoms with van der Waals surface area (Å²) in [5.41, 5.74) is 6.82. The van der Waals surface area contributed by atoms with Crippen molar-refractivity contribution in [2.75, 3.05) is 13.1 Å². The number of sulfonamides is 1. The summed E-state index contributed by atoms with van der Waals surface area (Å²) in [6, 6.07) is 8.61. The van der Waals surface area contributed by atoms with Crippen LogP contribution in [0.2, 0.25) is 0 Å². The van der Waals surface area contributed by atoms with Crippen LogP contribution in [0.15, 0.2) is 24.3 Å². The molecule has 0 aliphatic carbocycles. The standard InChI is InChI=1S/C12H15N3O2S/c13-7-10-2-1-3-11(6-10)9-18(16,17)15-5-4-12(14)8-15/h1-3,6,12H,4-5,8-9,14H2/t12-/m0/s1. The predicted molar refractivity (Wildman–Crippen MR) is 67.9 cm³/mol. The van der Waals surface area contributed by atoms with Crippen LogP contribution in [-0.4, -0.2) is 31.9 Å². The number of nitrogens with zero attached hydrogens (tertiary/aromatic N) is 2. The van der Waals surface area contributed by atoms with Crippen LogP contribution in [0, 0.1) is 11.3 Å². The molecule has 0 radical (unpaired) electrons. The van der Waals surface area contributed by atoms with Crippen LogP contribution >= 0.6 is 0 Å². The molecular formula is C12H15N3O2S. The van der Waals surface area contributed by atoms with Gasteiger partial charge in [-0.25, -0.2) is 12.7 Å². The van der Waals surface area contributed by atoms with Crippen molar-refractivity contribution in [1.82, 2.24) is 4.31 Å². The minimum absolute atomic E-state index is 0.0646. The van der Waals surface area contributed by atoms with Gasteiger partial charge in [0.1, 0.15) is 0 Å². The van der Waals surface area contributed by atoms with E-state index < -0.39 is 10.0 Å². The van der Waals surface area contributed by atoms with Crippen molar-refractivity contribution in [3.8, 4) is 6.07 Å². The van der Waals surface area contributed by atoms with Crippen LogP contribution in [0.25, 0.3) is 0 Å². The lowest BCUT2D eigenvalue weighted by molar-refractivity contribution is 0.471. The minimum atomic E-state index is -3.33. The Morgan fingerprint density at radius 3 is 2.89 bits per heavy atom. The van der Waals surface area contributed by atoms with Crippen molar-refractivity contribution in [1.29, 1.82) is 5.26 Å². The van der Waals surface area contributed by atoms with Crippen molar-refractivity contribution >= 4 is 10.0 Å². The lowest BCUT2D eigenvalue weighted by Gasteiger charge is -2.15. The molecule has 1 aliphatic heterocycles. The van der Waals surface area contributed by atoms with Gasteiger partial charge in [0.15, 0.2) is 0 Å². The van der Waals surface area contributed by atoms with Gasteiger partial charge in [0.2, 0.25) is 10.0 Å². The van der Waals surface area contributed by atoms with Gasteiger partial charge in [0, 0.05) is 19.1 Å². The van der Waals surface area contributed by atoms with Crippen LogP contribution in [0.4, 0.5) is 0 Å². The van der Waals surface area contributed by atoms with Crippen LogP contribution in [0.1, 0.15) is 17.5 Å². The SMILES string of the molecule is N#Cc1cccc(CS(=O)(=O)N2CC[C@H](N)C2)c1. The summed E-state index contributed by atoms with van der Waals surface area (Å²) < 4.78 is 25.7. The fourth-order valence-corrected chi connectivity index (χ4v) is 3.62. The summed E-state index contributed by atoms with van der Waals surface area (Å²) in [7, 11) is -3.33. The Morgan fingerprint density at radius 1 is 1.50 bits per heavy atom. The van der Waals surface area contributed by atoms with Crippen LogP contribution < -0.4 is 5.73 Å². The smallest absolute Gasteiger partial charge is 0.218 e. The molecule has 5 nitrogen and oxygen atoms in total. The molecule has 0 amide bonds. The number of benzene rings is 1. The Morgan fingerprint density at radius 2 is 2.28 bits per heavy atom. The zero-order valence-corrected chi connectivity index (χ0v) is 10.7. The fraction of sp³-hybridized carbons (Fsp3) is 0.417. The summed E-state index contributed by atoms with van der Waals surface area (Å²) >= 11 is 0. The van der Waals surface area contributed by atoms with Crippen molar-refractivity contribution in [3.05, 3.63) is 35.4 Å². The van der Waals surface area contributed by atoms with Gasteiger partial charge in [0.25, 0.3) is 0 Å². The third-order valence-electron chi connectivity index (χ3n) is 2.99. The first-order valence-corrected chi connectivity index (χ1v) is 7.34. The lowest BCUT2D eigenvalue weighted by atomic mass is 10.2. The van der Waals surface area contributed by atoms with Gasteiger partial charge in [-0.1, -0.05) is 12.1 Å². The highest BCUT2D eigenvalue weighted by Gasteiger charge is 2.29. The third-order valence-corrected chi connectivity index (χ3v) is 4.80. The van der Waals surface area contributed by atoms with E-state index in [0.717, 1.165) is 0 Å². The van der Waals surface area contributed by atoms with Crippen molar-refractivity contribution < 1.29 is 8.42 Å². The normalized spacial score (nSPS) is 20.8. The zero-order valence-electron chi connectivity index (χ0n) is 9.91. The van der Waals surface area contributed by atoms with E-state index in [4.69, 9.17) is 11.0 Å². The van der Waals surface area contributed by atoms with Crippen LogP contribution in [0.5, 0.6) is 0 Å². The fourth-order valence-electron chi connectivity index (χ4n) is 2.04. The number of nitrogens with two attached hydrogens (primary N) is 1. The maximum atomic E-state index is 12.1. The van der Waals surface area contributed by atoms with Gasteiger partial charge >= 0.3 is 0 Å². The molecule has 6 heteroatoms. The Balaban J connectivity index is 2.15. The molecule has 1 aromatic rings. The summed E-state index contributed by atoms with van der Waals surface area (Å²) in [6.45, 7) is 0.877. The predicted octanol–water partition coefficient (Wildman–Crippen LogP) is 0.421. The minimum Gasteiger partial charge on any atom is -0.326 e. The molecule has 2 N–H and O–H groups in total. The summed E-state index contributed by atoms with van der Waals surface area (Å²) in [5, 5.41) is 8.78. The molecule has 18 heavy (non-hydrogen) atoms.